The van der Waals surface area contributed by atoms with Crippen molar-refractivity contribution in [2.24, 2.45) is 5.73 Å². The third kappa shape index (κ3) is 4.04. The normalized spacial score (nSPS) is 14.3. The zero-order valence-electron chi connectivity index (χ0n) is 10.3. The van der Waals surface area contributed by atoms with Crippen molar-refractivity contribution in [3.05, 3.63) is 40.5 Å². The van der Waals surface area contributed by atoms with Crippen LogP contribution in [0.25, 0.3) is 0 Å². The third-order valence-electron chi connectivity index (χ3n) is 2.47. The zero-order valence-corrected chi connectivity index (χ0v) is 12.7. The number of benzene rings is 1. The molecule has 2 unspecified atom stereocenters. The smallest absolute Gasteiger partial charge is 0.246 e. The number of aliphatic hydroxyl groups excluding tert-OH is 1. The summed E-state index contributed by atoms with van der Waals surface area (Å²) >= 11 is 4.99. The van der Waals surface area contributed by atoms with E-state index in [4.69, 9.17) is 10.3 Å². The molecule has 2 atom stereocenters. The maximum Gasteiger partial charge on any atom is 0.246 e. The zero-order chi connectivity index (χ0) is 13.8. The molecule has 0 amide bonds. The van der Waals surface area contributed by atoms with Gasteiger partial charge in [-0.1, -0.05) is 21.1 Å². The molecular weight excluding hydrogens is 330 g/mol. The van der Waals surface area contributed by atoms with Gasteiger partial charge in [-0.25, -0.2) is 0 Å². The van der Waals surface area contributed by atoms with E-state index in [2.05, 4.69) is 26.1 Å². The van der Waals surface area contributed by atoms with Crippen LogP contribution in [0.2, 0.25) is 0 Å². The van der Waals surface area contributed by atoms with Gasteiger partial charge in [0.1, 0.15) is 6.04 Å². The molecule has 0 aliphatic rings. The molecule has 19 heavy (non-hydrogen) atoms. The van der Waals surface area contributed by atoms with E-state index in [1.165, 1.54) is 0 Å². The topological polar surface area (TPSA) is 85.2 Å². The highest BCUT2D eigenvalue weighted by molar-refractivity contribution is 9.10. The van der Waals surface area contributed by atoms with Crippen molar-refractivity contribution in [2.75, 3.05) is 0 Å². The molecule has 1 heterocycles. The number of hydrogen-bond donors (Lipinski definition) is 2. The minimum atomic E-state index is -0.715. The summed E-state index contributed by atoms with van der Waals surface area (Å²) in [6.07, 6.45) is -0.715. The Morgan fingerprint density at radius 2 is 2.11 bits per heavy atom. The van der Waals surface area contributed by atoms with Crippen LogP contribution in [-0.4, -0.2) is 21.4 Å². The molecule has 102 valence electrons. The molecule has 0 aliphatic heterocycles. The summed E-state index contributed by atoms with van der Waals surface area (Å²) < 4.78 is 6.07. The molecule has 0 spiro atoms. The Kier molecular flexibility index (Phi) is 4.98. The lowest BCUT2D eigenvalue weighted by Crippen LogP contribution is -2.23. The molecule has 0 saturated heterocycles. The van der Waals surface area contributed by atoms with Crippen molar-refractivity contribution in [3.8, 4) is 0 Å². The van der Waals surface area contributed by atoms with Crippen LogP contribution in [0.15, 0.2) is 38.2 Å². The Morgan fingerprint density at radius 1 is 1.42 bits per heavy atom. The number of nitrogens with zero attached hydrogens (tertiary/aromatic N) is 2. The standard InChI is InChI=1S/C12H14BrN3O2S/c1-7(17)11(14)12-15-10(16-18-12)6-19-9-4-2-8(13)3-5-9/h2-5,7,11,17H,6,14H2,1H3. The van der Waals surface area contributed by atoms with Crippen molar-refractivity contribution >= 4 is 27.7 Å². The van der Waals surface area contributed by atoms with E-state index in [0.29, 0.717) is 11.6 Å². The monoisotopic (exact) mass is 343 g/mol. The number of thioether (sulfide) groups is 1. The van der Waals surface area contributed by atoms with E-state index in [9.17, 15) is 5.11 Å². The van der Waals surface area contributed by atoms with Gasteiger partial charge in [0, 0.05) is 9.37 Å². The summed E-state index contributed by atoms with van der Waals surface area (Å²) in [5.74, 6) is 1.43. The van der Waals surface area contributed by atoms with E-state index in [0.717, 1.165) is 9.37 Å². The van der Waals surface area contributed by atoms with Gasteiger partial charge in [-0.05, 0) is 31.2 Å². The summed E-state index contributed by atoms with van der Waals surface area (Å²) in [7, 11) is 0. The maximum atomic E-state index is 9.36. The van der Waals surface area contributed by atoms with E-state index in [1.54, 1.807) is 18.7 Å². The molecule has 0 fully saturated rings. The lowest BCUT2D eigenvalue weighted by molar-refractivity contribution is 0.146. The molecule has 0 radical (unpaired) electrons. The van der Waals surface area contributed by atoms with E-state index >= 15 is 0 Å². The minimum Gasteiger partial charge on any atom is -0.391 e. The first-order chi connectivity index (χ1) is 9.06. The highest BCUT2D eigenvalue weighted by atomic mass is 79.9. The van der Waals surface area contributed by atoms with Crippen molar-refractivity contribution in [1.82, 2.24) is 10.1 Å². The Labute approximate surface area is 123 Å². The van der Waals surface area contributed by atoms with Gasteiger partial charge < -0.3 is 15.4 Å². The van der Waals surface area contributed by atoms with Gasteiger partial charge in [0.2, 0.25) is 5.89 Å². The number of rotatable bonds is 5. The summed E-state index contributed by atoms with van der Waals surface area (Å²) in [5.41, 5.74) is 5.72. The van der Waals surface area contributed by atoms with Crippen molar-refractivity contribution in [2.45, 2.75) is 29.7 Å². The first kappa shape index (κ1) is 14.5. The Balaban J connectivity index is 1.95. The van der Waals surface area contributed by atoms with Crippen molar-refractivity contribution in [3.63, 3.8) is 0 Å². The maximum absolute atomic E-state index is 9.36. The Hall–Kier alpha value is -0.890. The number of halogens is 1. The number of aliphatic hydroxyl groups is 1. The molecule has 0 saturated carbocycles. The van der Waals surface area contributed by atoms with Gasteiger partial charge in [0.05, 0.1) is 11.9 Å². The molecule has 2 rings (SSSR count). The quantitative estimate of drug-likeness (QED) is 0.811. The SMILES string of the molecule is CC(O)C(N)c1nc(CSc2ccc(Br)cc2)no1. The number of nitrogens with two attached hydrogens (primary N) is 1. The third-order valence-corrected chi connectivity index (χ3v) is 4.01. The average Bonchev–Trinajstić information content (AvgIpc) is 2.86. The molecule has 0 bridgehead atoms. The number of hydrogen-bond acceptors (Lipinski definition) is 6. The fraction of sp³-hybridized carbons (Fsp3) is 0.333. The summed E-state index contributed by atoms with van der Waals surface area (Å²) in [6, 6.07) is 7.34. The second kappa shape index (κ2) is 6.51. The van der Waals surface area contributed by atoms with E-state index in [1.807, 2.05) is 24.3 Å². The van der Waals surface area contributed by atoms with Crippen LogP contribution in [-0.2, 0) is 5.75 Å². The van der Waals surface area contributed by atoms with Gasteiger partial charge in [-0.2, -0.15) is 4.98 Å². The predicted molar refractivity (Wildman–Crippen MR) is 76.6 cm³/mol. The summed E-state index contributed by atoms with van der Waals surface area (Å²) in [4.78, 5) is 5.29. The molecule has 0 aliphatic carbocycles. The molecule has 3 N–H and O–H groups in total. The lowest BCUT2D eigenvalue weighted by Gasteiger charge is -2.08. The van der Waals surface area contributed by atoms with Gasteiger partial charge in [0.15, 0.2) is 5.82 Å². The van der Waals surface area contributed by atoms with Crippen LogP contribution in [0.1, 0.15) is 24.7 Å². The Morgan fingerprint density at radius 3 is 2.74 bits per heavy atom. The van der Waals surface area contributed by atoms with Crippen LogP contribution < -0.4 is 5.73 Å². The molecule has 2 aromatic rings. The molecular formula is C12H14BrN3O2S. The molecule has 1 aromatic heterocycles. The van der Waals surface area contributed by atoms with E-state index in [-0.39, 0.29) is 5.89 Å². The van der Waals surface area contributed by atoms with Gasteiger partial charge in [0.25, 0.3) is 0 Å². The van der Waals surface area contributed by atoms with Gasteiger partial charge in [-0.3, -0.25) is 0 Å². The first-order valence-corrected chi connectivity index (χ1v) is 7.48. The summed E-state index contributed by atoms with van der Waals surface area (Å²) in [6.45, 7) is 1.59. The largest absolute Gasteiger partial charge is 0.391 e. The van der Waals surface area contributed by atoms with Crippen molar-refractivity contribution in [1.29, 1.82) is 0 Å². The van der Waals surface area contributed by atoms with Crippen LogP contribution in [0.3, 0.4) is 0 Å². The molecule has 1 aromatic carbocycles. The summed E-state index contributed by atoms with van der Waals surface area (Å²) in [5, 5.41) is 13.2. The molecule has 7 heteroatoms. The predicted octanol–water partition coefficient (Wildman–Crippen LogP) is 2.51. The first-order valence-electron chi connectivity index (χ1n) is 5.71. The fourth-order valence-corrected chi connectivity index (χ4v) is 2.35. The van der Waals surface area contributed by atoms with E-state index < -0.39 is 12.1 Å². The minimum absolute atomic E-state index is 0.265. The van der Waals surface area contributed by atoms with Crippen LogP contribution in [0.5, 0.6) is 0 Å². The molecule has 5 nitrogen and oxygen atoms in total. The second-order valence-electron chi connectivity index (χ2n) is 4.06. The highest BCUT2D eigenvalue weighted by Gasteiger charge is 2.19. The fourth-order valence-electron chi connectivity index (χ4n) is 1.35. The second-order valence-corrected chi connectivity index (χ2v) is 6.02. The highest BCUT2D eigenvalue weighted by Crippen LogP contribution is 2.24. The van der Waals surface area contributed by atoms with Gasteiger partial charge >= 0.3 is 0 Å². The van der Waals surface area contributed by atoms with Crippen LogP contribution in [0, 0.1) is 0 Å². The van der Waals surface area contributed by atoms with Crippen molar-refractivity contribution < 1.29 is 9.63 Å². The van der Waals surface area contributed by atoms with Crippen LogP contribution >= 0.6 is 27.7 Å². The lowest BCUT2D eigenvalue weighted by atomic mass is 10.2. The van der Waals surface area contributed by atoms with Gasteiger partial charge in [-0.15, -0.1) is 11.8 Å². The van der Waals surface area contributed by atoms with Crippen LogP contribution in [0.4, 0.5) is 0 Å². The average molecular weight is 344 g/mol. The Bertz CT molecular complexity index is 530. The number of aromatic nitrogens is 2.